The van der Waals surface area contributed by atoms with Crippen LogP contribution in [0.15, 0.2) is 54.6 Å². The molecule has 4 heteroatoms. The molecule has 3 unspecified atom stereocenters. The minimum Gasteiger partial charge on any atom is -0.504 e. The molecule has 3 rings (SSSR count). The van der Waals surface area contributed by atoms with Crippen LogP contribution >= 0.6 is 0 Å². The number of hydrogen-bond donors (Lipinski definition) is 1. The molecule has 1 aliphatic rings. The molecule has 3 atom stereocenters. The third-order valence-corrected chi connectivity index (χ3v) is 5.31. The van der Waals surface area contributed by atoms with Crippen LogP contribution in [0.25, 0.3) is 0 Å². The van der Waals surface area contributed by atoms with Gasteiger partial charge in [0.05, 0.1) is 0 Å². The first kappa shape index (κ1) is 18.6. The summed E-state index contributed by atoms with van der Waals surface area (Å²) in [6.45, 7) is 10.8. The Morgan fingerprint density at radius 3 is 2.27 bits per heavy atom. The van der Waals surface area contributed by atoms with Crippen LogP contribution < -0.4 is 9.64 Å². The number of phenols is 1. The monoisotopic (exact) mass is 354 g/mol. The topological polar surface area (TPSA) is 35.9 Å². The normalized spacial score (nSPS) is 22.4. The molecule has 26 heavy (non-hydrogen) atoms. The second-order valence-corrected chi connectivity index (χ2v) is 7.53. The molecule has 0 spiro atoms. The lowest BCUT2D eigenvalue weighted by molar-refractivity contribution is -0.00939. The summed E-state index contributed by atoms with van der Waals surface area (Å²) in [5.41, 5.74) is 1.28. The van der Waals surface area contributed by atoms with Gasteiger partial charge in [0.15, 0.2) is 11.5 Å². The molecule has 0 radical (unpaired) electrons. The number of nitrogens with zero attached hydrogens (tertiary/aromatic N) is 2. The van der Waals surface area contributed by atoms with Gasteiger partial charge in [0, 0.05) is 30.9 Å². The molecule has 1 N–H and O–H groups in total. The standard InChI is InChI=1S/C22H30N2O2/c1-16(2)20-15-23(18(4)26-22-13-9-8-12-21(22)25)17(3)14-24(20)19-10-6-5-7-11-19/h5-13,16-18,20,25H,14-15H2,1-4H3. The number of para-hydroxylation sites is 3. The number of benzene rings is 2. The number of piperazine rings is 1. The largest absolute Gasteiger partial charge is 0.504 e. The third-order valence-electron chi connectivity index (χ3n) is 5.31. The quantitative estimate of drug-likeness (QED) is 0.866. The highest BCUT2D eigenvalue weighted by Crippen LogP contribution is 2.30. The summed E-state index contributed by atoms with van der Waals surface area (Å²) in [6, 6.07) is 18.6. The molecule has 0 bridgehead atoms. The smallest absolute Gasteiger partial charge is 0.163 e. The van der Waals surface area contributed by atoms with Gasteiger partial charge in [-0.15, -0.1) is 0 Å². The highest BCUT2D eigenvalue weighted by Gasteiger charge is 2.36. The Bertz CT molecular complexity index is 704. The van der Waals surface area contributed by atoms with E-state index < -0.39 is 0 Å². The maximum absolute atomic E-state index is 10.0. The zero-order chi connectivity index (χ0) is 18.7. The van der Waals surface area contributed by atoms with Crippen LogP contribution in [-0.4, -0.2) is 41.4 Å². The van der Waals surface area contributed by atoms with Crippen molar-refractivity contribution in [3.8, 4) is 11.5 Å². The zero-order valence-electron chi connectivity index (χ0n) is 16.2. The molecule has 140 valence electrons. The fourth-order valence-corrected chi connectivity index (χ4v) is 3.82. The van der Waals surface area contributed by atoms with Gasteiger partial charge in [-0.3, -0.25) is 4.90 Å². The Morgan fingerprint density at radius 1 is 0.962 bits per heavy atom. The van der Waals surface area contributed by atoms with Gasteiger partial charge in [-0.2, -0.15) is 0 Å². The molecule has 1 aliphatic heterocycles. The first-order valence-electron chi connectivity index (χ1n) is 9.49. The van der Waals surface area contributed by atoms with Crippen LogP contribution in [0, 0.1) is 5.92 Å². The van der Waals surface area contributed by atoms with E-state index >= 15 is 0 Å². The minimum absolute atomic E-state index is 0.0996. The highest BCUT2D eigenvalue weighted by atomic mass is 16.5. The first-order chi connectivity index (χ1) is 12.5. The molecule has 4 nitrogen and oxygen atoms in total. The van der Waals surface area contributed by atoms with Crippen molar-refractivity contribution in [3.63, 3.8) is 0 Å². The van der Waals surface area contributed by atoms with Crippen molar-refractivity contribution >= 4 is 5.69 Å². The number of aromatic hydroxyl groups is 1. The van der Waals surface area contributed by atoms with Crippen LogP contribution in [-0.2, 0) is 0 Å². The van der Waals surface area contributed by atoms with Gasteiger partial charge in [0.1, 0.15) is 6.23 Å². The summed E-state index contributed by atoms with van der Waals surface area (Å²) < 4.78 is 6.08. The summed E-state index contributed by atoms with van der Waals surface area (Å²) in [4.78, 5) is 4.93. The van der Waals surface area contributed by atoms with E-state index in [9.17, 15) is 5.11 Å². The van der Waals surface area contributed by atoms with Crippen LogP contribution in [0.1, 0.15) is 27.7 Å². The fourth-order valence-electron chi connectivity index (χ4n) is 3.82. The Hall–Kier alpha value is -2.20. The van der Waals surface area contributed by atoms with Gasteiger partial charge < -0.3 is 14.7 Å². The van der Waals surface area contributed by atoms with E-state index in [4.69, 9.17) is 4.74 Å². The van der Waals surface area contributed by atoms with Gasteiger partial charge in [-0.1, -0.05) is 44.2 Å². The van der Waals surface area contributed by atoms with E-state index in [1.807, 2.05) is 18.2 Å². The molecule has 2 aromatic rings. The Morgan fingerprint density at radius 2 is 1.62 bits per heavy atom. The second-order valence-electron chi connectivity index (χ2n) is 7.53. The van der Waals surface area contributed by atoms with Gasteiger partial charge in [-0.25, -0.2) is 0 Å². The van der Waals surface area contributed by atoms with E-state index in [-0.39, 0.29) is 12.0 Å². The molecule has 0 aromatic heterocycles. The van der Waals surface area contributed by atoms with Crippen molar-refractivity contribution in [2.24, 2.45) is 5.92 Å². The summed E-state index contributed by atoms with van der Waals surface area (Å²) in [7, 11) is 0. The van der Waals surface area contributed by atoms with E-state index in [2.05, 4.69) is 67.8 Å². The lowest BCUT2D eigenvalue weighted by Crippen LogP contribution is -2.62. The second kappa shape index (κ2) is 8.00. The zero-order valence-corrected chi connectivity index (χ0v) is 16.2. The molecular formula is C22H30N2O2. The van der Waals surface area contributed by atoms with Gasteiger partial charge >= 0.3 is 0 Å². The third kappa shape index (κ3) is 3.96. The molecule has 1 fully saturated rings. The van der Waals surface area contributed by atoms with E-state index in [1.165, 1.54) is 5.69 Å². The predicted molar refractivity (Wildman–Crippen MR) is 107 cm³/mol. The molecule has 0 amide bonds. The van der Waals surface area contributed by atoms with Crippen molar-refractivity contribution in [3.05, 3.63) is 54.6 Å². The molecular weight excluding hydrogens is 324 g/mol. The maximum Gasteiger partial charge on any atom is 0.163 e. The lowest BCUT2D eigenvalue weighted by atomic mass is 9.96. The fraction of sp³-hybridized carbons (Fsp3) is 0.455. The Kier molecular flexibility index (Phi) is 5.72. The van der Waals surface area contributed by atoms with E-state index in [0.717, 1.165) is 13.1 Å². The lowest BCUT2D eigenvalue weighted by Gasteiger charge is -2.49. The van der Waals surface area contributed by atoms with Crippen LogP contribution in [0.4, 0.5) is 5.69 Å². The van der Waals surface area contributed by atoms with Gasteiger partial charge in [0.2, 0.25) is 0 Å². The SMILES string of the molecule is CC(C)C1CN(C(C)Oc2ccccc2O)C(C)CN1c1ccccc1. The summed E-state index contributed by atoms with van der Waals surface area (Å²) in [5, 5.41) is 10.0. The predicted octanol–water partition coefficient (Wildman–Crippen LogP) is 4.35. The summed E-state index contributed by atoms with van der Waals surface area (Å²) in [5.74, 6) is 1.26. The van der Waals surface area contributed by atoms with Crippen LogP contribution in [0.5, 0.6) is 11.5 Å². The van der Waals surface area contributed by atoms with Crippen LogP contribution in [0.2, 0.25) is 0 Å². The number of ether oxygens (including phenoxy) is 1. The van der Waals surface area contributed by atoms with Crippen molar-refractivity contribution in [1.29, 1.82) is 0 Å². The summed E-state index contributed by atoms with van der Waals surface area (Å²) >= 11 is 0. The van der Waals surface area contributed by atoms with Crippen molar-refractivity contribution in [1.82, 2.24) is 4.90 Å². The van der Waals surface area contributed by atoms with E-state index in [1.54, 1.807) is 6.07 Å². The molecule has 1 heterocycles. The van der Waals surface area contributed by atoms with E-state index in [0.29, 0.717) is 23.8 Å². The number of hydrogen-bond acceptors (Lipinski definition) is 4. The van der Waals surface area contributed by atoms with Gasteiger partial charge in [0.25, 0.3) is 0 Å². The Balaban J connectivity index is 1.77. The average Bonchev–Trinajstić information content (AvgIpc) is 2.63. The van der Waals surface area contributed by atoms with Crippen molar-refractivity contribution in [2.75, 3.05) is 18.0 Å². The minimum atomic E-state index is -0.0996. The first-order valence-corrected chi connectivity index (χ1v) is 9.49. The molecule has 0 aliphatic carbocycles. The van der Waals surface area contributed by atoms with Crippen LogP contribution in [0.3, 0.4) is 0 Å². The molecule has 2 aromatic carbocycles. The van der Waals surface area contributed by atoms with Crippen molar-refractivity contribution in [2.45, 2.75) is 46.0 Å². The summed E-state index contributed by atoms with van der Waals surface area (Å²) in [6.07, 6.45) is -0.0996. The molecule has 1 saturated heterocycles. The number of phenolic OH excluding ortho intramolecular Hbond substituents is 1. The van der Waals surface area contributed by atoms with Crippen molar-refractivity contribution < 1.29 is 9.84 Å². The number of rotatable bonds is 5. The maximum atomic E-state index is 10.0. The Labute approximate surface area is 157 Å². The number of anilines is 1. The molecule has 0 saturated carbocycles. The highest BCUT2D eigenvalue weighted by molar-refractivity contribution is 5.48. The van der Waals surface area contributed by atoms with Gasteiger partial charge in [-0.05, 0) is 44.0 Å². The average molecular weight is 354 g/mol.